The summed E-state index contributed by atoms with van der Waals surface area (Å²) in [6, 6.07) is 3.90. The molecule has 1 aromatic rings. The molecule has 1 aromatic carbocycles. The van der Waals surface area contributed by atoms with Crippen LogP contribution in [-0.4, -0.2) is 22.4 Å². The van der Waals surface area contributed by atoms with Crippen molar-refractivity contribution in [3.05, 3.63) is 34.5 Å². The van der Waals surface area contributed by atoms with Gasteiger partial charge in [-0.3, -0.25) is 4.79 Å². The predicted molar refractivity (Wildman–Crippen MR) is 103 cm³/mol. The smallest absolute Gasteiger partial charge is 0.295 e. The first-order valence-electron chi connectivity index (χ1n) is 7.97. The van der Waals surface area contributed by atoms with Crippen LogP contribution in [0.5, 0.6) is 5.75 Å². The third kappa shape index (κ3) is 3.83. The van der Waals surface area contributed by atoms with Gasteiger partial charge >= 0.3 is 0 Å². The number of aromatic hydroxyl groups is 1. The first-order chi connectivity index (χ1) is 10.9. The molecule has 0 saturated carbocycles. The number of amides is 1. The lowest BCUT2D eigenvalue weighted by molar-refractivity contribution is -0.114. The van der Waals surface area contributed by atoms with Crippen LogP contribution >= 0.6 is 11.8 Å². The summed E-state index contributed by atoms with van der Waals surface area (Å²) in [5.41, 5.74) is 2.69. The summed E-state index contributed by atoms with van der Waals surface area (Å²) in [6.07, 6.45) is 3.68. The number of hydrogen-bond acceptors (Lipinski definition) is 4. The molecule has 130 valence electrons. The minimum atomic E-state index is -0.262. The van der Waals surface area contributed by atoms with Gasteiger partial charge in [-0.1, -0.05) is 53.3 Å². The Morgan fingerprint density at radius 3 is 1.96 bits per heavy atom. The molecule has 2 rings (SSSR count). The molecular formula is C19H26N2O2S. The fourth-order valence-corrected chi connectivity index (χ4v) is 2.98. The highest BCUT2D eigenvalue weighted by Crippen LogP contribution is 2.40. The fraction of sp³-hybridized carbons (Fsp3) is 0.474. The van der Waals surface area contributed by atoms with Crippen LogP contribution < -0.4 is 5.32 Å². The molecule has 24 heavy (non-hydrogen) atoms. The van der Waals surface area contributed by atoms with Gasteiger partial charge in [0.1, 0.15) is 11.4 Å². The second-order valence-corrected chi connectivity index (χ2v) is 8.87. The van der Waals surface area contributed by atoms with Gasteiger partial charge in [0.25, 0.3) is 5.91 Å². The molecule has 0 radical (unpaired) electrons. The molecule has 0 unspecified atom stereocenters. The van der Waals surface area contributed by atoms with E-state index in [1.165, 1.54) is 11.8 Å². The van der Waals surface area contributed by atoms with E-state index in [1.54, 1.807) is 6.08 Å². The molecular weight excluding hydrogens is 320 g/mol. The van der Waals surface area contributed by atoms with E-state index >= 15 is 0 Å². The molecule has 0 saturated heterocycles. The van der Waals surface area contributed by atoms with E-state index in [9.17, 15) is 9.90 Å². The Labute approximate surface area is 148 Å². The number of nitrogens with zero attached hydrogens (tertiary/aromatic N) is 1. The third-order valence-electron chi connectivity index (χ3n) is 3.93. The van der Waals surface area contributed by atoms with Crippen molar-refractivity contribution in [3.63, 3.8) is 0 Å². The van der Waals surface area contributed by atoms with Crippen LogP contribution in [0.25, 0.3) is 6.08 Å². The Morgan fingerprint density at radius 1 is 1.08 bits per heavy atom. The van der Waals surface area contributed by atoms with Crippen LogP contribution in [0.4, 0.5) is 0 Å². The van der Waals surface area contributed by atoms with E-state index < -0.39 is 0 Å². The Hall–Kier alpha value is -1.75. The highest BCUT2D eigenvalue weighted by atomic mass is 32.2. The van der Waals surface area contributed by atoms with Gasteiger partial charge in [0, 0.05) is 11.1 Å². The van der Waals surface area contributed by atoms with Crippen molar-refractivity contribution in [2.75, 3.05) is 6.26 Å². The van der Waals surface area contributed by atoms with Crippen molar-refractivity contribution < 1.29 is 9.90 Å². The van der Waals surface area contributed by atoms with Crippen molar-refractivity contribution in [1.29, 1.82) is 0 Å². The Kier molecular flexibility index (Phi) is 4.86. The van der Waals surface area contributed by atoms with Crippen LogP contribution in [0.15, 0.2) is 22.8 Å². The van der Waals surface area contributed by atoms with Gasteiger partial charge in [0.05, 0.1) is 0 Å². The number of carbonyl (C=O) groups is 1. The van der Waals surface area contributed by atoms with E-state index in [-0.39, 0.29) is 16.7 Å². The van der Waals surface area contributed by atoms with Crippen LogP contribution in [0.2, 0.25) is 0 Å². The summed E-state index contributed by atoms with van der Waals surface area (Å²) >= 11 is 1.40. The first-order valence-corrected chi connectivity index (χ1v) is 9.19. The van der Waals surface area contributed by atoms with E-state index in [0.29, 0.717) is 16.6 Å². The summed E-state index contributed by atoms with van der Waals surface area (Å²) in [7, 11) is 0. The zero-order valence-electron chi connectivity index (χ0n) is 15.4. The van der Waals surface area contributed by atoms with Gasteiger partial charge < -0.3 is 10.4 Å². The molecule has 0 atom stereocenters. The molecule has 1 amide bonds. The lowest BCUT2D eigenvalue weighted by Crippen LogP contribution is -2.18. The van der Waals surface area contributed by atoms with Gasteiger partial charge in [0.2, 0.25) is 0 Å². The van der Waals surface area contributed by atoms with Crippen molar-refractivity contribution in [1.82, 2.24) is 5.32 Å². The Balaban J connectivity index is 2.58. The molecule has 1 aliphatic heterocycles. The van der Waals surface area contributed by atoms with E-state index in [0.717, 1.165) is 16.7 Å². The van der Waals surface area contributed by atoms with Gasteiger partial charge in [-0.2, -0.15) is 4.99 Å². The topological polar surface area (TPSA) is 61.7 Å². The van der Waals surface area contributed by atoms with Crippen LogP contribution in [0.3, 0.4) is 0 Å². The monoisotopic (exact) mass is 346 g/mol. The van der Waals surface area contributed by atoms with E-state index in [2.05, 4.69) is 51.9 Å². The summed E-state index contributed by atoms with van der Waals surface area (Å²) < 4.78 is 0. The van der Waals surface area contributed by atoms with E-state index in [1.807, 2.05) is 18.4 Å². The highest BCUT2D eigenvalue weighted by molar-refractivity contribution is 8.13. The number of rotatable bonds is 1. The summed E-state index contributed by atoms with van der Waals surface area (Å²) in [4.78, 5) is 16.0. The number of benzene rings is 1. The number of hydrogen-bond donors (Lipinski definition) is 2. The number of aliphatic imine (C=N–C) groups is 1. The molecule has 1 aliphatic rings. The van der Waals surface area contributed by atoms with E-state index in [4.69, 9.17) is 0 Å². The van der Waals surface area contributed by atoms with Gasteiger partial charge in [0.15, 0.2) is 5.17 Å². The molecule has 0 aliphatic carbocycles. The zero-order valence-corrected chi connectivity index (χ0v) is 16.3. The molecule has 1 heterocycles. The maximum atomic E-state index is 12.0. The lowest BCUT2D eigenvalue weighted by atomic mass is 9.78. The molecule has 0 aromatic heterocycles. The average molecular weight is 346 g/mol. The standard InChI is InChI=1S/C19H26N2O2S/c1-18(2,3)12-8-11(9-13(15(12)22)19(4,5)6)10-14-16(23)21-17(20-14)24-7/h8-10,22H,1-7H3,(H,20,21,23). The van der Waals surface area contributed by atoms with Crippen molar-refractivity contribution in [2.45, 2.75) is 52.4 Å². The second-order valence-electron chi connectivity index (χ2n) is 8.07. The van der Waals surface area contributed by atoms with Crippen molar-refractivity contribution in [3.8, 4) is 5.75 Å². The highest BCUT2D eigenvalue weighted by Gasteiger charge is 2.27. The normalized spacial score (nSPS) is 17.2. The zero-order chi connectivity index (χ0) is 18.3. The lowest BCUT2D eigenvalue weighted by Gasteiger charge is -2.28. The third-order valence-corrected chi connectivity index (χ3v) is 4.51. The number of phenols is 1. The van der Waals surface area contributed by atoms with Crippen LogP contribution in [0.1, 0.15) is 58.2 Å². The Morgan fingerprint density at radius 2 is 1.58 bits per heavy atom. The fourth-order valence-electron chi connectivity index (χ4n) is 2.59. The van der Waals surface area contributed by atoms with Crippen molar-refractivity contribution in [2.24, 2.45) is 4.99 Å². The quantitative estimate of drug-likeness (QED) is 0.749. The Bertz CT molecular complexity index is 700. The number of nitrogens with one attached hydrogen (secondary N) is 1. The van der Waals surface area contributed by atoms with Crippen LogP contribution in [0, 0.1) is 0 Å². The largest absolute Gasteiger partial charge is 0.507 e. The summed E-state index contributed by atoms with van der Waals surface area (Å²) in [5, 5.41) is 14.4. The van der Waals surface area contributed by atoms with Gasteiger partial charge in [-0.25, -0.2) is 0 Å². The SMILES string of the molecule is CSC1=NC(=O)C(=Cc2cc(C(C)(C)C)c(O)c(C(C)(C)C)c2)N1. The number of carbonyl (C=O) groups excluding carboxylic acids is 1. The molecule has 2 N–H and O–H groups in total. The maximum Gasteiger partial charge on any atom is 0.295 e. The molecule has 0 fully saturated rings. The van der Waals surface area contributed by atoms with Crippen molar-refractivity contribution >= 4 is 28.9 Å². The maximum absolute atomic E-state index is 12.0. The van der Waals surface area contributed by atoms with Gasteiger partial charge in [-0.05, 0) is 40.9 Å². The number of amidine groups is 1. The molecule has 0 bridgehead atoms. The molecule has 5 heteroatoms. The summed E-state index contributed by atoms with van der Waals surface area (Å²) in [6.45, 7) is 12.4. The average Bonchev–Trinajstić information content (AvgIpc) is 2.78. The minimum Gasteiger partial charge on any atom is -0.507 e. The number of thioether (sulfide) groups is 1. The summed E-state index contributed by atoms with van der Waals surface area (Å²) in [5.74, 6) is 0.0750. The second kappa shape index (κ2) is 6.28. The number of phenolic OH excluding ortho intramolecular Hbond substituents is 1. The minimum absolute atomic E-state index is 0.202. The van der Waals surface area contributed by atoms with Gasteiger partial charge in [-0.15, -0.1) is 0 Å². The van der Waals surface area contributed by atoms with Crippen LogP contribution in [-0.2, 0) is 15.6 Å². The molecule has 0 spiro atoms. The molecule has 4 nitrogen and oxygen atoms in total. The first kappa shape index (κ1) is 18.6. The predicted octanol–water partition coefficient (Wildman–Crippen LogP) is 4.18.